The Kier molecular flexibility index (Phi) is 6.75. The number of nitrogens with one attached hydrogen (secondary N) is 1. The van der Waals surface area contributed by atoms with Crippen molar-refractivity contribution >= 4 is 18.0 Å². The van der Waals surface area contributed by atoms with Crippen LogP contribution in [0.1, 0.15) is 62.0 Å². The maximum atomic E-state index is 13.1. The number of carboxylic acids is 1. The van der Waals surface area contributed by atoms with Crippen LogP contribution in [0.3, 0.4) is 0 Å². The summed E-state index contributed by atoms with van der Waals surface area (Å²) in [5.41, 5.74) is 4.72. The van der Waals surface area contributed by atoms with Crippen LogP contribution in [0.5, 0.6) is 0 Å². The maximum absolute atomic E-state index is 13.1. The van der Waals surface area contributed by atoms with Gasteiger partial charge in [-0.05, 0) is 54.4 Å². The van der Waals surface area contributed by atoms with E-state index in [-0.39, 0.29) is 49.4 Å². The third-order valence-corrected chi connectivity index (χ3v) is 7.53. The lowest BCUT2D eigenvalue weighted by atomic mass is 9.84. The van der Waals surface area contributed by atoms with E-state index in [0.717, 1.165) is 32.1 Å². The molecule has 0 radical (unpaired) electrons. The van der Waals surface area contributed by atoms with Crippen molar-refractivity contribution in [1.82, 2.24) is 10.2 Å². The van der Waals surface area contributed by atoms with Crippen molar-refractivity contribution in [2.45, 2.75) is 62.9 Å². The van der Waals surface area contributed by atoms with Crippen molar-refractivity contribution in [3.05, 3.63) is 59.7 Å². The van der Waals surface area contributed by atoms with E-state index in [1.165, 1.54) is 22.3 Å². The number of carbonyl (C=O) groups excluding carboxylic acids is 2. The van der Waals surface area contributed by atoms with E-state index in [4.69, 9.17) is 9.84 Å². The molecule has 2 amide bonds. The number of fused-ring (bicyclic) bond motifs is 3. The van der Waals surface area contributed by atoms with Crippen molar-refractivity contribution in [3.63, 3.8) is 0 Å². The second-order valence-corrected chi connectivity index (χ2v) is 9.94. The summed E-state index contributed by atoms with van der Waals surface area (Å²) in [6.07, 6.45) is 4.41. The van der Waals surface area contributed by atoms with Crippen LogP contribution in [0.25, 0.3) is 11.1 Å². The van der Waals surface area contributed by atoms with Gasteiger partial charge in [0.1, 0.15) is 6.61 Å². The summed E-state index contributed by atoms with van der Waals surface area (Å²) in [5.74, 6) is -1.03. The minimum absolute atomic E-state index is 0.00941. The fraction of sp³-hybridized carbons (Fsp3) is 0.464. The maximum Gasteiger partial charge on any atom is 0.407 e. The molecule has 7 nitrogen and oxygen atoms in total. The number of carbonyl (C=O) groups is 3. The quantitative estimate of drug-likeness (QED) is 0.583. The molecule has 2 aromatic rings. The molecule has 2 N–H and O–H groups in total. The first-order chi connectivity index (χ1) is 17.0. The Morgan fingerprint density at radius 3 is 2.23 bits per heavy atom. The number of hydrogen-bond acceptors (Lipinski definition) is 4. The molecule has 3 aliphatic rings. The minimum atomic E-state index is -0.887. The zero-order valence-electron chi connectivity index (χ0n) is 19.8. The summed E-state index contributed by atoms with van der Waals surface area (Å²) in [5, 5.41) is 12.0. The number of amides is 2. The van der Waals surface area contributed by atoms with Crippen molar-refractivity contribution in [2.75, 3.05) is 13.2 Å². The predicted molar refractivity (Wildman–Crippen MR) is 131 cm³/mol. The topological polar surface area (TPSA) is 95.9 Å². The molecule has 0 unspecified atom stereocenters. The van der Waals surface area contributed by atoms with Crippen LogP contribution >= 0.6 is 0 Å². The van der Waals surface area contributed by atoms with Gasteiger partial charge >= 0.3 is 12.1 Å². The van der Waals surface area contributed by atoms with Crippen LogP contribution in [-0.2, 0) is 14.3 Å². The summed E-state index contributed by atoms with van der Waals surface area (Å²) in [7, 11) is 0. The Labute approximate surface area is 205 Å². The minimum Gasteiger partial charge on any atom is -0.481 e. The van der Waals surface area contributed by atoms with Gasteiger partial charge in [-0.25, -0.2) is 4.79 Å². The Morgan fingerprint density at radius 1 is 0.943 bits per heavy atom. The molecule has 3 aliphatic carbocycles. The van der Waals surface area contributed by atoms with E-state index in [0.29, 0.717) is 6.42 Å². The Morgan fingerprint density at radius 2 is 1.60 bits per heavy atom. The number of benzene rings is 2. The number of aliphatic carboxylic acids is 1. The van der Waals surface area contributed by atoms with E-state index in [9.17, 15) is 14.4 Å². The summed E-state index contributed by atoms with van der Waals surface area (Å²) < 4.78 is 5.69. The largest absolute Gasteiger partial charge is 0.481 e. The number of carboxylic acid groups (broad SMARTS) is 1. The van der Waals surface area contributed by atoms with Crippen LogP contribution in [0.2, 0.25) is 0 Å². The molecule has 0 bridgehead atoms. The average molecular weight is 477 g/mol. The zero-order valence-corrected chi connectivity index (χ0v) is 19.8. The van der Waals surface area contributed by atoms with Crippen LogP contribution in [0, 0.1) is 5.92 Å². The monoisotopic (exact) mass is 476 g/mol. The Balaban J connectivity index is 1.16. The molecular formula is C28H32N2O5. The zero-order chi connectivity index (χ0) is 24.4. The van der Waals surface area contributed by atoms with Gasteiger partial charge in [0.25, 0.3) is 0 Å². The van der Waals surface area contributed by atoms with Gasteiger partial charge in [0.2, 0.25) is 5.91 Å². The SMILES string of the molecule is O=C(O)CCN(C(=O)[C@@H]1CCC[C@@H](NC(=O)OCC2c3ccccc3-c3ccccc32)C1)C1CC1. The fourth-order valence-corrected chi connectivity index (χ4v) is 5.66. The van der Waals surface area contributed by atoms with Crippen LogP contribution < -0.4 is 5.32 Å². The van der Waals surface area contributed by atoms with E-state index in [2.05, 4.69) is 29.6 Å². The molecule has 0 aliphatic heterocycles. The van der Waals surface area contributed by atoms with Crippen molar-refractivity contribution in [3.8, 4) is 11.1 Å². The van der Waals surface area contributed by atoms with Crippen molar-refractivity contribution < 1.29 is 24.2 Å². The highest BCUT2D eigenvalue weighted by atomic mass is 16.5. The normalized spacial score (nSPS) is 21.0. The second-order valence-electron chi connectivity index (χ2n) is 9.94. The summed E-state index contributed by atoms with van der Waals surface area (Å²) >= 11 is 0. The van der Waals surface area contributed by atoms with Gasteiger partial charge in [0.05, 0.1) is 6.42 Å². The van der Waals surface area contributed by atoms with Crippen LogP contribution in [-0.4, -0.2) is 53.2 Å². The number of nitrogens with zero attached hydrogens (tertiary/aromatic N) is 1. The second kappa shape index (κ2) is 10.1. The molecule has 2 saturated carbocycles. The first-order valence-electron chi connectivity index (χ1n) is 12.6. The smallest absolute Gasteiger partial charge is 0.407 e. The summed E-state index contributed by atoms with van der Waals surface area (Å²) in [6, 6.07) is 16.5. The highest BCUT2D eigenvalue weighted by Crippen LogP contribution is 2.44. The highest BCUT2D eigenvalue weighted by molar-refractivity contribution is 5.81. The number of rotatable bonds is 8. The van der Waals surface area contributed by atoms with E-state index >= 15 is 0 Å². The number of ether oxygens (including phenoxy) is 1. The first-order valence-corrected chi connectivity index (χ1v) is 12.6. The predicted octanol–water partition coefficient (Wildman–Crippen LogP) is 4.55. The molecule has 0 aromatic heterocycles. The van der Waals surface area contributed by atoms with Crippen molar-refractivity contribution in [2.24, 2.45) is 5.92 Å². The van der Waals surface area contributed by atoms with Crippen LogP contribution in [0.4, 0.5) is 4.79 Å². The van der Waals surface area contributed by atoms with Crippen LogP contribution in [0.15, 0.2) is 48.5 Å². The lowest BCUT2D eigenvalue weighted by molar-refractivity contribution is -0.140. The molecule has 7 heteroatoms. The van der Waals surface area contributed by atoms with Gasteiger partial charge in [0, 0.05) is 30.5 Å². The molecule has 184 valence electrons. The molecule has 2 fully saturated rings. The van der Waals surface area contributed by atoms with E-state index in [1.54, 1.807) is 4.90 Å². The van der Waals surface area contributed by atoms with Crippen molar-refractivity contribution in [1.29, 1.82) is 0 Å². The first kappa shape index (κ1) is 23.4. The van der Waals surface area contributed by atoms with E-state index < -0.39 is 12.1 Å². The molecule has 2 aromatic carbocycles. The fourth-order valence-electron chi connectivity index (χ4n) is 5.66. The Bertz CT molecular complexity index is 1070. The highest BCUT2D eigenvalue weighted by Gasteiger charge is 2.38. The lowest BCUT2D eigenvalue weighted by Crippen LogP contribution is -2.45. The average Bonchev–Trinajstić information content (AvgIpc) is 3.65. The molecule has 2 atom stereocenters. The lowest BCUT2D eigenvalue weighted by Gasteiger charge is -2.33. The molecule has 0 saturated heterocycles. The molecule has 0 spiro atoms. The van der Waals surface area contributed by atoms with Gasteiger partial charge in [-0.1, -0.05) is 55.0 Å². The number of alkyl carbamates (subject to hydrolysis) is 1. The van der Waals surface area contributed by atoms with Gasteiger partial charge in [0.15, 0.2) is 0 Å². The third kappa shape index (κ3) is 5.19. The van der Waals surface area contributed by atoms with Gasteiger partial charge in [-0.3, -0.25) is 9.59 Å². The molecule has 0 heterocycles. The Hall–Kier alpha value is -3.35. The molecule has 35 heavy (non-hydrogen) atoms. The van der Waals surface area contributed by atoms with Gasteiger partial charge in [-0.2, -0.15) is 0 Å². The molecule has 5 rings (SSSR count). The number of hydrogen-bond donors (Lipinski definition) is 2. The van der Waals surface area contributed by atoms with Gasteiger partial charge < -0.3 is 20.1 Å². The molecular weight excluding hydrogens is 444 g/mol. The standard InChI is InChI=1S/C28H32N2O5/c31-26(32)14-15-30(20-12-13-20)27(33)18-6-5-7-19(16-18)29-28(34)35-17-25-23-10-3-1-8-21(23)22-9-2-4-11-24(22)25/h1-4,8-11,18-20,25H,5-7,12-17H2,(H,29,34)(H,31,32)/t18-,19-/m1/s1. The van der Waals surface area contributed by atoms with Gasteiger partial charge in [-0.15, -0.1) is 0 Å². The summed E-state index contributed by atoms with van der Waals surface area (Å²) in [6.45, 7) is 0.527. The third-order valence-electron chi connectivity index (χ3n) is 7.53. The van der Waals surface area contributed by atoms with E-state index in [1.807, 2.05) is 24.3 Å². The summed E-state index contributed by atoms with van der Waals surface area (Å²) in [4.78, 5) is 38.6.